The van der Waals surface area contributed by atoms with E-state index in [0.29, 0.717) is 47.0 Å². The van der Waals surface area contributed by atoms with Gasteiger partial charge in [-0.3, -0.25) is 9.59 Å². The van der Waals surface area contributed by atoms with Crippen molar-refractivity contribution in [2.24, 2.45) is 0 Å². The van der Waals surface area contributed by atoms with Crippen LogP contribution in [-0.4, -0.2) is 40.8 Å². The summed E-state index contributed by atoms with van der Waals surface area (Å²) in [4.78, 5) is 39.6. The lowest BCUT2D eigenvalue weighted by Gasteiger charge is -2.32. The van der Waals surface area contributed by atoms with E-state index in [2.05, 4.69) is 26.8 Å². The number of allylic oxidation sites excluding steroid dienone is 1. The van der Waals surface area contributed by atoms with E-state index >= 15 is 0 Å². The molecule has 1 aliphatic rings. The lowest BCUT2D eigenvalue weighted by Crippen LogP contribution is -2.39. The van der Waals surface area contributed by atoms with E-state index in [1.54, 1.807) is 43.5 Å². The first-order chi connectivity index (χ1) is 17.0. The summed E-state index contributed by atoms with van der Waals surface area (Å²) in [6.45, 7) is 9.19. The molecule has 2 aromatic heterocycles. The van der Waals surface area contributed by atoms with E-state index in [0.717, 1.165) is 5.57 Å². The molecule has 3 aromatic rings. The summed E-state index contributed by atoms with van der Waals surface area (Å²) in [5, 5.41) is 2.77. The number of hydrogen-bond donors (Lipinski definition) is 1. The van der Waals surface area contributed by atoms with Crippen LogP contribution in [0, 0.1) is 0 Å². The summed E-state index contributed by atoms with van der Waals surface area (Å²) in [5.41, 5.74) is 2.42. The molecule has 0 bridgehead atoms. The lowest BCUT2D eigenvalue weighted by atomic mass is 9.71. The molecule has 0 saturated heterocycles. The van der Waals surface area contributed by atoms with Crippen molar-refractivity contribution < 1.29 is 18.0 Å². The number of carbonyl (C=O) groups is 2. The number of nitrogens with one attached hydrogen (secondary N) is 1. The summed E-state index contributed by atoms with van der Waals surface area (Å²) in [5.74, 6) is 0.557. The molecule has 1 N–H and O–H groups in total. The molecule has 0 saturated carbocycles. The van der Waals surface area contributed by atoms with E-state index in [4.69, 9.17) is 0 Å². The van der Waals surface area contributed by atoms with Gasteiger partial charge < -0.3 is 5.32 Å². The molecular formula is C27H28N4O4S. The van der Waals surface area contributed by atoms with Crippen molar-refractivity contribution in [2.75, 3.05) is 11.1 Å². The van der Waals surface area contributed by atoms with Gasteiger partial charge in [-0.1, -0.05) is 25.6 Å². The van der Waals surface area contributed by atoms with Crippen molar-refractivity contribution in [2.45, 2.75) is 50.3 Å². The van der Waals surface area contributed by atoms with Crippen molar-refractivity contribution >= 4 is 32.9 Å². The molecule has 1 unspecified atom stereocenters. The van der Waals surface area contributed by atoms with E-state index in [9.17, 15) is 18.0 Å². The zero-order chi connectivity index (χ0) is 26.1. The fourth-order valence-corrected chi connectivity index (χ4v) is 5.10. The molecular weight excluding hydrogens is 476 g/mol. The lowest BCUT2D eigenvalue weighted by molar-refractivity contribution is -0.115. The monoisotopic (exact) mass is 504 g/mol. The zero-order valence-corrected chi connectivity index (χ0v) is 21.4. The summed E-state index contributed by atoms with van der Waals surface area (Å²) in [6.07, 6.45) is 2.80. The Morgan fingerprint density at radius 1 is 1.11 bits per heavy atom. The number of Topliss-reactive ketones (excluding diaryl/α,β-unsaturated/α-hetero) is 1. The van der Waals surface area contributed by atoms with Gasteiger partial charge in [-0.2, -0.15) is 0 Å². The standard InChI is InChI=1S/C27H28N4O4S/c1-5-36(34,35)19-8-6-18(7-9-19)16-24(32)31-23-11-10-20-21(29-23)12-14-27(4,25(20)33)22-13-15-28-26(30-22)17(2)3/h6-11,13,15H,2,5,12,14,16H2,1,3-4H3,(H,29,31,32). The van der Waals surface area contributed by atoms with Crippen LogP contribution >= 0.6 is 0 Å². The average Bonchev–Trinajstić information content (AvgIpc) is 2.86. The number of fused-ring (bicyclic) bond motifs is 1. The number of rotatable bonds is 7. The Labute approximate surface area is 210 Å². The maximum Gasteiger partial charge on any atom is 0.229 e. The molecule has 36 heavy (non-hydrogen) atoms. The van der Waals surface area contributed by atoms with Crippen LogP contribution < -0.4 is 5.32 Å². The molecule has 1 aliphatic carbocycles. The Hall–Kier alpha value is -3.72. The smallest absolute Gasteiger partial charge is 0.229 e. The Bertz CT molecular complexity index is 1470. The number of pyridine rings is 1. The number of nitrogens with zero attached hydrogens (tertiary/aromatic N) is 3. The minimum Gasteiger partial charge on any atom is -0.310 e. The maximum atomic E-state index is 13.5. The molecule has 1 amide bonds. The molecule has 0 fully saturated rings. The number of hydrogen-bond acceptors (Lipinski definition) is 7. The maximum absolute atomic E-state index is 13.5. The molecule has 1 atom stereocenters. The minimum atomic E-state index is -3.29. The number of carbonyl (C=O) groups excluding carboxylic acids is 2. The highest BCUT2D eigenvalue weighted by molar-refractivity contribution is 7.91. The van der Waals surface area contributed by atoms with Gasteiger partial charge in [-0.15, -0.1) is 0 Å². The van der Waals surface area contributed by atoms with Crippen LogP contribution in [0.4, 0.5) is 5.82 Å². The topological polar surface area (TPSA) is 119 Å². The van der Waals surface area contributed by atoms with Crippen LogP contribution in [0.1, 0.15) is 60.3 Å². The summed E-state index contributed by atoms with van der Waals surface area (Å²) in [7, 11) is -3.29. The zero-order valence-electron chi connectivity index (χ0n) is 20.5. The number of benzene rings is 1. The van der Waals surface area contributed by atoms with Crippen molar-refractivity contribution in [1.29, 1.82) is 0 Å². The first-order valence-corrected chi connectivity index (χ1v) is 13.3. The predicted octanol–water partition coefficient (Wildman–Crippen LogP) is 3.97. The Kier molecular flexibility index (Phi) is 6.86. The van der Waals surface area contributed by atoms with Crippen LogP contribution in [0.25, 0.3) is 5.57 Å². The number of ketones is 1. The largest absolute Gasteiger partial charge is 0.310 e. The van der Waals surface area contributed by atoms with E-state index in [1.807, 2.05) is 13.8 Å². The average molecular weight is 505 g/mol. The number of aryl methyl sites for hydroxylation is 1. The van der Waals surface area contributed by atoms with Crippen molar-refractivity contribution in [3.8, 4) is 0 Å². The van der Waals surface area contributed by atoms with Gasteiger partial charge in [0.1, 0.15) is 5.82 Å². The van der Waals surface area contributed by atoms with Crippen molar-refractivity contribution in [1.82, 2.24) is 15.0 Å². The number of aromatic nitrogens is 3. The molecule has 2 heterocycles. The molecule has 8 nitrogen and oxygen atoms in total. The quantitative estimate of drug-likeness (QED) is 0.517. The third-order valence-corrected chi connectivity index (χ3v) is 8.23. The fraction of sp³-hybridized carbons (Fsp3) is 0.296. The van der Waals surface area contributed by atoms with Gasteiger partial charge >= 0.3 is 0 Å². The minimum absolute atomic E-state index is 0.0209. The van der Waals surface area contributed by atoms with Gasteiger partial charge in [0.25, 0.3) is 0 Å². The molecule has 1 aromatic carbocycles. The highest BCUT2D eigenvalue weighted by Gasteiger charge is 2.42. The first-order valence-electron chi connectivity index (χ1n) is 11.7. The second-order valence-electron chi connectivity index (χ2n) is 9.17. The fourth-order valence-electron chi connectivity index (χ4n) is 4.22. The molecule has 9 heteroatoms. The predicted molar refractivity (Wildman–Crippen MR) is 137 cm³/mol. The van der Waals surface area contributed by atoms with Crippen LogP contribution in [0.2, 0.25) is 0 Å². The van der Waals surface area contributed by atoms with Gasteiger partial charge in [0.2, 0.25) is 5.91 Å². The van der Waals surface area contributed by atoms with Gasteiger partial charge in [-0.05, 0) is 68.2 Å². The second-order valence-corrected chi connectivity index (χ2v) is 11.4. The molecule has 186 valence electrons. The number of sulfone groups is 1. The van der Waals surface area contributed by atoms with E-state index < -0.39 is 15.3 Å². The van der Waals surface area contributed by atoms with Crippen LogP contribution in [-0.2, 0) is 32.9 Å². The molecule has 0 aliphatic heterocycles. The SMILES string of the molecule is C=C(C)c1nccc(C2(C)CCc3nc(NC(=O)Cc4ccc(S(=O)(=O)CC)cc4)ccc3C2=O)n1. The Balaban J connectivity index is 1.48. The Morgan fingerprint density at radius 3 is 2.50 bits per heavy atom. The molecule has 4 rings (SSSR count). The third kappa shape index (κ3) is 4.97. The summed E-state index contributed by atoms with van der Waals surface area (Å²) in [6, 6.07) is 11.4. The van der Waals surface area contributed by atoms with Crippen LogP contribution in [0.15, 0.2) is 60.1 Å². The summed E-state index contributed by atoms with van der Waals surface area (Å²) >= 11 is 0. The van der Waals surface area contributed by atoms with Gasteiger partial charge in [0.15, 0.2) is 21.4 Å². The van der Waals surface area contributed by atoms with Gasteiger partial charge in [-0.25, -0.2) is 23.4 Å². The van der Waals surface area contributed by atoms with Crippen LogP contribution in [0.3, 0.4) is 0 Å². The van der Waals surface area contributed by atoms with Crippen molar-refractivity contribution in [3.05, 3.63) is 83.6 Å². The number of anilines is 1. The highest BCUT2D eigenvalue weighted by Crippen LogP contribution is 2.37. The number of amides is 1. The highest BCUT2D eigenvalue weighted by atomic mass is 32.2. The Morgan fingerprint density at radius 2 is 1.83 bits per heavy atom. The van der Waals surface area contributed by atoms with Gasteiger partial charge in [0, 0.05) is 11.8 Å². The second kappa shape index (κ2) is 9.73. The van der Waals surface area contributed by atoms with Crippen molar-refractivity contribution in [3.63, 3.8) is 0 Å². The normalized spacial score (nSPS) is 17.4. The van der Waals surface area contributed by atoms with E-state index in [1.165, 1.54) is 12.1 Å². The molecule has 0 spiro atoms. The van der Waals surface area contributed by atoms with Crippen LogP contribution in [0.5, 0.6) is 0 Å². The first kappa shape index (κ1) is 25.4. The molecule has 0 radical (unpaired) electrons. The summed E-state index contributed by atoms with van der Waals surface area (Å²) < 4.78 is 23.9. The van der Waals surface area contributed by atoms with Gasteiger partial charge in [0.05, 0.1) is 33.9 Å². The van der Waals surface area contributed by atoms with E-state index in [-0.39, 0.29) is 28.8 Å². The third-order valence-electron chi connectivity index (χ3n) is 6.48.